The van der Waals surface area contributed by atoms with Crippen molar-refractivity contribution in [2.24, 2.45) is 5.41 Å². The van der Waals surface area contributed by atoms with Gasteiger partial charge >= 0.3 is 0 Å². The zero-order chi connectivity index (χ0) is 8.48. The second kappa shape index (κ2) is 2.76. The quantitative estimate of drug-likeness (QED) is 0.507. The Hall–Kier alpha value is -0.655. The fourth-order valence-corrected chi connectivity index (χ4v) is 1.11. The van der Waals surface area contributed by atoms with E-state index < -0.39 is 0 Å². The maximum atomic E-state index is 3.36. The minimum Gasteiger partial charge on any atom is -0.385 e. The van der Waals surface area contributed by atoms with Crippen LogP contribution in [0, 0.1) is 5.41 Å². The van der Waals surface area contributed by atoms with Gasteiger partial charge < -0.3 is 5.32 Å². The van der Waals surface area contributed by atoms with Crippen molar-refractivity contribution in [1.29, 1.82) is 0 Å². The van der Waals surface area contributed by atoms with Crippen molar-refractivity contribution in [2.75, 3.05) is 0 Å². The van der Waals surface area contributed by atoms with Crippen LogP contribution in [0.25, 0.3) is 0 Å². The van der Waals surface area contributed by atoms with Crippen LogP contribution in [-0.2, 0) is 0 Å². The molecular weight excluding hydrogens is 133 g/mol. The van der Waals surface area contributed by atoms with E-state index in [-0.39, 0.29) is 0 Å². The van der Waals surface area contributed by atoms with Gasteiger partial charge in [0.2, 0.25) is 0 Å². The summed E-state index contributed by atoms with van der Waals surface area (Å²) in [7, 11) is 2.10. The molecule has 0 saturated heterocycles. The molecule has 11 heavy (non-hydrogen) atoms. The third kappa shape index (κ3) is 2.14. The zero-order valence-electron chi connectivity index (χ0n) is 7.81. The average molecular weight is 149 g/mol. The van der Waals surface area contributed by atoms with Crippen LogP contribution in [0.15, 0.2) is 23.8 Å². The Labute approximate surface area is 70.0 Å². The van der Waals surface area contributed by atoms with Crippen LogP contribution in [-0.4, -0.2) is 13.9 Å². The summed E-state index contributed by atoms with van der Waals surface area (Å²) < 4.78 is 0. The van der Waals surface area contributed by atoms with Crippen LogP contribution in [0.1, 0.15) is 20.8 Å². The maximum Gasteiger partial charge on any atom is 0.141 e. The second-order valence-electron chi connectivity index (χ2n) is 4.26. The zero-order valence-corrected chi connectivity index (χ0v) is 7.81. The average Bonchev–Trinajstić information content (AvgIpc) is 1.86. The molecule has 1 nitrogen and oxygen atoms in total. The lowest BCUT2D eigenvalue weighted by molar-refractivity contribution is 0.334. The third-order valence-electron chi connectivity index (χ3n) is 1.98. The van der Waals surface area contributed by atoms with Crippen LogP contribution in [0.4, 0.5) is 0 Å². The Morgan fingerprint density at radius 1 is 1.45 bits per heavy atom. The van der Waals surface area contributed by atoms with Gasteiger partial charge in [0, 0.05) is 6.04 Å². The van der Waals surface area contributed by atoms with Crippen molar-refractivity contribution in [3.8, 4) is 0 Å². The molecule has 0 aromatic carbocycles. The van der Waals surface area contributed by atoms with Crippen molar-refractivity contribution < 1.29 is 0 Å². The van der Waals surface area contributed by atoms with Crippen LogP contribution < -0.4 is 5.32 Å². The SMILES string of the molecule is BC1=CNC(C(C)(C)C)C=C1. The van der Waals surface area contributed by atoms with Crippen molar-refractivity contribution in [2.45, 2.75) is 26.8 Å². The van der Waals surface area contributed by atoms with Gasteiger partial charge in [-0.15, -0.1) is 0 Å². The third-order valence-corrected chi connectivity index (χ3v) is 1.98. The van der Waals surface area contributed by atoms with E-state index in [1.165, 1.54) is 5.47 Å². The topological polar surface area (TPSA) is 12.0 Å². The van der Waals surface area contributed by atoms with Gasteiger partial charge in [0.05, 0.1) is 0 Å². The van der Waals surface area contributed by atoms with Gasteiger partial charge in [0.25, 0.3) is 0 Å². The smallest absolute Gasteiger partial charge is 0.141 e. The number of allylic oxidation sites excluding steroid dienone is 2. The van der Waals surface area contributed by atoms with Crippen molar-refractivity contribution in [1.82, 2.24) is 5.32 Å². The summed E-state index contributed by atoms with van der Waals surface area (Å²) in [6, 6.07) is 0.478. The molecule has 0 radical (unpaired) electrons. The Morgan fingerprint density at radius 3 is 2.45 bits per heavy atom. The molecule has 60 valence electrons. The lowest BCUT2D eigenvalue weighted by atomic mass is 9.83. The fraction of sp³-hybridized carbons (Fsp3) is 0.556. The molecule has 1 rings (SSSR count). The summed E-state index contributed by atoms with van der Waals surface area (Å²) >= 11 is 0. The number of hydrogen-bond donors (Lipinski definition) is 1. The molecule has 0 amide bonds. The summed E-state index contributed by atoms with van der Waals surface area (Å²) in [4.78, 5) is 0. The van der Waals surface area contributed by atoms with Gasteiger partial charge in [0.1, 0.15) is 7.85 Å². The normalized spacial score (nSPS) is 24.3. The first-order chi connectivity index (χ1) is 5.00. The largest absolute Gasteiger partial charge is 0.385 e. The number of nitrogens with one attached hydrogen (secondary N) is 1. The van der Waals surface area contributed by atoms with E-state index in [1.54, 1.807) is 0 Å². The molecular formula is C9H16BN. The van der Waals surface area contributed by atoms with Crippen LogP contribution in [0.5, 0.6) is 0 Å². The number of rotatable bonds is 0. The molecule has 1 atom stereocenters. The van der Waals surface area contributed by atoms with Crippen LogP contribution in [0.3, 0.4) is 0 Å². The van der Waals surface area contributed by atoms with Gasteiger partial charge in [-0.3, -0.25) is 0 Å². The maximum absolute atomic E-state index is 3.36. The highest BCUT2D eigenvalue weighted by Gasteiger charge is 2.21. The Balaban J connectivity index is 2.63. The van der Waals surface area contributed by atoms with E-state index in [2.05, 4.69) is 52.3 Å². The summed E-state index contributed by atoms with van der Waals surface area (Å²) in [5.41, 5.74) is 1.61. The standard InChI is InChI=1S/C9H16BN/c1-9(2,3)8-5-4-7(10)6-11-8/h4-6,8,11H,10H2,1-3H3. The number of dihydropyridines is 1. The summed E-state index contributed by atoms with van der Waals surface area (Å²) in [6.07, 6.45) is 6.48. The molecule has 1 N–H and O–H groups in total. The molecule has 0 aliphatic carbocycles. The Kier molecular flexibility index (Phi) is 2.12. The predicted octanol–water partition coefficient (Wildman–Crippen LogP) is 1.03. The molecule has 1 aliphatic rings. The predicted molar refractivity (Wildman–Crippen MR) is 52.1 cm³/mol. The summed E-state index contributed by atoms with van der Waals surface area (Å²) in [5.74, 6) is 0. The first-order valence-corrected chi connectivity index (χ1v) is 4.11. The van der Waals surface area contributed by atoms with Gasteiger partial charge in [-0.05, 0) is 11.6 Å². The van der Waals surface area contributed by atoms with Crippen molar-refractivity contribution in [3.05, 3.63) is 23.8 Å². The van der Waals surface area contributed by atoms with E-state index in [4.69, 9.17) is 0 Å². The molecule has 0 saturated carbocycles. The monoisotopic (exact) mass is 149 g/mol. The van der Waals surface area contributed by atoms with E-state index >= 15 is 0 Å². The van der Waals surface area contributed by atoms with Gasteiger partial charge in [-0.2, -0.15) is 0 Å². The molecule has 0 aromatic rings. The minimum absolute atomic E-state index is 0.313. The summed E-state index contributed by atoms with van der Waals surface area (Å²) in [6.45, 7) is 6.72. The van der Waals surface area contributed by atoms with E-state index in [0.29, 0.717) is 11.5 Å². The van der Waals surface area contributed by atoms with Crippen LogP contribution >= 0.6 is 0 Å². The Morgan fingerprint density at radius 2 is 2.09 bits per heavy atom. The molecule has 1 aliphatic heterocycles. The van der Waals surface area contributed by atoms with Gasteiger partial charge in [-0.25, -0.2) is 0 Å². The molecule has 1 heterocycles. The lowest BCUT2D eigenvalue weighted by Gasteiger charge is -2.30. The molecule has 0 spiro atoms. The molecule has 0 fully saturated rings. The Bertz CT molecular complexity index is 198. The lowest BCUT2D eigenvalue weighted by Crippen LogP contribution is -2.37. The molecule has 2 heteroatoms. The molecule has 0 bridgehead atoms. The second-order valence-corrected chi connectivity index (χ2v) is 4.26. The number of hydrogen-bond acceptors (Lipinski definition) is 1. The van der Waals surface area contributed by atoms with E-state index in [0.717, 1.165) is 0 Å². The van der Waals surface area contributed by atoms with Gasteiger partial charge in [0.15, 0.2) is 0 Å². The van der Waals surface area contributed by atoms with E-state index in [9.17, 15) is 0 Å². The van der Waals surface area contributed by atoms with Crippen molar-refractivity contribution in [3.63, 3.8) is 0 Å². The molecule has 1 unspecified atom stereocenters. The first kappa shape index (κ1) is 8.44. The minimum atomic E-state index is 0.313. The van der Waals surface area contributed by atoms with Crippen LogP contribution in [0.2, 0.25) is 0 Å². The van der Waals surface area contributed by atoms with Gasteiger partial charge in [-0.1, -0.05) is 38.4 Å². The van der Waals surface area contributed by atoms with E-state index in [1.807, 2.05) is 0 Å². The molecule has 0 aromatic heterocycles. The first-order valence-electron chi connectivity index (χ1n) is 4.11. The van der Waals surface area contributed by atoms with Crippen molar-refractivity contribution >= 4 is 7.85 Å². The highest BCUT2D eigenvalue weighted by atomic mass is 14.9. The summed E-state index contributed by atoms with van der Waals surface area (Å²) in [5, 5.41) is 3.36. The highest BCUT2D eigenvalue weighted by molar-refractivity contribution is 6.23. The highest BCUT2D eigenvalue weighted by Crippen LogP contribution is 2.22. The fourth-order valence-electron chi connectivity index (χ4n) is 1.11.